The van der Waals surface area contributed by atoms with Crippen molar-refractivity contribution < 1.29 is 14.0 Å². The zero-order valence-corrected chi connectivity index (χ0v) is 13.5. The smallest absolute Gasteiger partial charge is 0.340 e. The fourth-order valence-corrected chi connectivity index (χ4v) is 3.53. The van der Waals surface area contributed by atoms with Crippen molar-refractivity contribution >= 4 is 16.9 Å². The van der Waals surface area contributed by atoms with Crippen molar-refractivity contribution in [3.63, 3.8) is 0 Å². The number of carbonyl (C=O) groups is 1. The number of H-pyrrole nitrogens is 1. The first kappa shape index (κ1) is 15.1. The minimum Gasteiger partial charge on any atom is -0.462 e. The van der Waals surface area contributed by atoms with Crippen molar-refractivity contribution in [3.05, 3.63) is 36.0 Å². The number of likely N-dealkylation sites (tertiary alicyclic amines) is 1. The number of rotatable bonds is 4. The number of carbonyl (C=O) groups excluding carboxylic acids is 1. The number of nitrogens with zero attached hydrogens (tertiary/aromatic N) is 1. The number of fused-ring (bicyclic) bond motifs is 1. The molecule has 2 heterocycles. The molecule has 0 saturated carbocycles. The molecule has 3 rings (SSSR count). The van der Waals surface area contributed by atoms with E-state index in [0.29, 0.717) is 18.2 Å². The minimum atomic E-state index is -0.224. The average molecular weight is 301 g/mol. The van der Waals surface area contributed by atoms with Gasteiger partial charge in [0, 0.05) is 23.5 Å². The van der Waals surface area contributed by atoms with Crippen LogP contribution < -0.4 is 0 Å². The van der Waals surface area contributed by atoms with Gasteiger partial charge in [-0.3, -0.25) is 0 Å². The van der Waals surface area contributed by atoms with Crippen LogP contribution in [0.5, 0.6) is 0 Å². The molecule has 1 aromatic carbocycles. The second kappa shape index (κ2) is 6.13. The molecular weight excluding hydrogens is 276 g/mol. The first-order valence-corrected chi connectivity index (χ1v) is 8.14. The van der Waals surface area contributed by atoms with Crippen LogP contribution in [-0.2, 0) is 4.74 Å². The SMILES string of the molecule is C[N+]1(C)CCCCC1CCOC(=O)c1c[nH]c2ccccc12. The van der Waals surface area contributed by atoms with Gasteiger partial charge in [-0.25, -0.2) is 4.79 Å². The van der Waals surface area contributed by atoms with Gasteiger partial charge in [0.15, 0.2) is 0 Å². The molecule has 1 saturated heterocycles. The van der Waals surface area contributed by atoms with Gasteiger partial charge in [-0.15, -0.1) is 0 Å². The fraction of sp³-hybridized carbons (Fsp3) is 0.500. The van der Waals surface area contributed by atoms with Crippen LogP contribution in [0.1, 0.15) is 36.0 Å². The number of hydrogen-bond acceptors (Lipinski definition) is 2. The third-order valence-corrected chi connectivity index (χ3v) is 5.00. The van der Waals surface area contributed by atoms with E-state index in [1.54, 1.807) is 6.20 Å². The van der Waals surface area contributed by atoms with Gasteiger partial charge >= 0.3 is 5.97 Å². The van der Waals surface area contributed by atoms with Gasteiger partial charge in [0.2, 0.25) is 0 Å². The maximum absolute atomic E-state index is 12.3. The zero-order valence-electron chi connectivity index (χ0n) is 13.5. The topological polar surface area (TPSA) is 42.1 Å². The van der Waals surface area contributed by atoms with E-state index in [0.717, 1.165) is 21.8 Å². The van der Waals surface area contributed by atoms with E-state index in [1.165, 1.54) is 25.8 Å². The second-order valence-corrected chi connectivity index (χ2v) is 6.82. The number of nitrogens with one attached hydrogen (secondary N) is 1. The van der Waals surface area contributed by atoms with E-state index >= 15 is 0 Å². The summed E-state index contributed by atoms with van der Waals surface area (Å²) in [5.41, 5.74) is 1.60. The number of para-hydroxylation sites is 1. The van der Waals surface area contributed by atoms with Crippen LogP contribution in [0.25, 0.3) is 10.9 Å². The maximum atomic E-state index is 12.3. The molecule has 2 aromatic rings. The van der Waals surface area contributed by atoms with Gasteiger partial charge in [0.25, 0.3) is 0 Å². The second-order valence-electron chi connectivity index (χ2n) is 6.82. The maximum Gasteiger partial charge on any atom is 0.340 e. The van der Waals surface area contributed by atoms with Gasteiger partial charge in [0.1, 0.15) is 0 Å². The summed E-state index contributed by atoms with van der Waals surface area (Å²) in [5, 5.41) is 0.932. The summed E-state index contributed by atoms with van der Waals surface area (Å²) in [4.78, 5) is 15.4. The molecule has 1 unspecified atom stereocenters. The highest BCUT2D eigenvalue weighted by molar-refractivity contribution is 6.03. The molecule has 0 amide bonds. The van der Waals surface area contributed by atoms with Crippen LogP contribution in [0.3, 0.4) is 0 Å². The van der Waals surface area contributed by atoms with E-state index < -0.39 is 0 Å². The van der Waals surface area contributed by atoms with E-state index in [-0.39, 0.29) is 5.97 Å². The molecule has 4 nitrogen and oxygen atoms in total. The van der Waals surface area contributed by atoms with Crippen LogP contribution in [0.15, 0.2) is 30.5 Å². The van der Waals surface area contributed by atoms with Crippen molar-refractivity contribution in [2.75, 3.05) is 27.2 Å². The molecule has 22 heavy (non-hydrogen) atoms. The lowest BCUT2D eigenvalue weighted by atomic mass is 9.98. The standard InChI is InChI=1S/C18H24N2O2/c1-20(2)11-6-5-7-14(20)10-12-22-18(21)16-13-19-17-9-4-3-8-15(16)17/h3-4,8-9,13-14H,5-7,10-12H2,1-2H3/p+1. The van der Waals surface area contributed by atoms with Gasteiger partial charge in [-0.05, 0) is 25.3 Å². The molecule has 1 N–H and O–H groups in total. The minimum absolute atomic E-state index is 0.224. The van der Waals surface area contributed by atoms with Gasteiger partial charge in [-0.1, -0.05) is 18.2 Å². The Hall–Kier alpha value is -1.81. The van der Waals surface area contributed by atoms with Crippen molar-refractivity contribution in [3.8, 4) is 0 Å². The normalized spacial score (nSPS) is 20.9. The molecule has 0 radical (unpaired) electrons. The molecule has 0 bridgehead atoms. The van der Waals surface area contributed by atoms with Crippen LogP contribution in [0.2, 0.25) is 0 Å². The molecule has 1 aliphatic rings. The molecule has 4 heteroatoms. The van der Waals surface area contributed by atoms with E-state index in [1.807, 2.05) is 24.3 Å². The fourth-order valence-electron chi connectivity index (χ4n) is 3.53. The summed E-state index contributed by atoms with van der Waals surface area (Å²) >= 11 is 0. The number of piperidine rings is 1. The highest BCUT2D eigenvalue weighted by Crippen LogP contribution is 2.24. The van der Waals surface area contributed by atoms with Gasteiger partial charge < -0.3 is 14.2 Å². The van der Waals surface area contributed by atoms with Crippen LogP contribution in [0.4, 0.5) is 0 Å². The summed E-state index contributed by atoms with van der Waals surface area (Å²) in [7, 11) is 4.57. The third-order valence-electron chi connectivity index (χ3n) is 5.00. The Kier molecular flexibility index (Phi) is 4.21. The summed E-state index contributed by atoms with van der Waals surface area (Å²) < 4.78 is 6.57. The lowest BCUT2D eigenvalue weighted by Gasteiger charge is -2.41. The number of aromatic nitrogens is 1. The summed E-state index contributed by atoms with van der Waals surface area (Å²) in [5.74, 6) is -0.224. The molecule has 1 aromatic heterocycles. The zero-order chi connectivity index (χ0) is 15.6. The molecule has 118 valence electrons. The predicted octanol–water partition coefficient (Wildman–Crippen LogP) is 3.34. The highest BCUT2D eigenvalue weighted by atomic mass is 16.5. The summed E-state index contributed by atoms with van der Waals surface area (Å²) in [6, 6.07) is 8.41. The largest absolute Gasteiger partial charge is 0.462 e. The molecule has 0 aliphatic carbocycles. The highest BCUT2D eigenvalue weighted by Gasteiger charge is 2.31. The molecule has 1 aliphatic heterocycles. The van der Waals surface area contributed by atoms with Crippen LogP contribution >= 0.6 is 0 Å². The Morgan fingerprint density at radius 2 is 2.14 bits per heavy atom. The lowest BCUT2D eigenvalue weighted by Crippen LogP contribution is -2.52. The van der Waals surface area contributed by atoms with E-state index in [2.05, 4.69) is 19.1 Å². The van der Waals surface area contributed by atoms with Crippen molar-refractivity contribution in [2.45, 2.75) is 31.7 Å². The third kappa shape index (κ3) is 3.02. The average Bonchev–Trinajstić information content (AvgIpc) is 2.92. The number of quaternary nitrogens is 1. The Morgan fingerprint density at radius 1 is 1.32 bits per heavy atom. The number of hydrogen-bond donors (Lipinski definition) is 1. The summed E-state index contributed by atoms with van der Waals surface area (Å²) in [6.07, 6.45) is 6.52. The number of ether oxygens (including phenoxy) is 1. The Balaban J connectivity index is 1.58. The molecule has 1 atom stereocenters. The Bertz CT molecular complexity index is 660. The van der Waals surface area contributed by atoms with Crippen molar-refractivity contribution in [2.24, 2.45) is 0 Å². The van der Waals surface area contributed by atoms with E-state index in [9.17, 15) is 4.79 Å². The molecular formula is C18H25N2O2+. The predicted molar refractivity (Wildman–Crippen MR) is 87.8 cm³/mol. The van der Waals surface area contributed by atoms with Gasteiger partial charge in [0.05, 0.1) is 38.9 Å². The lowest BCUT2D eigenvalue weighted by molar-refractivity contribution is -0.920. The number of benzene rings is 1. The number of esters is 1. The number of aromatic amines is 1. The molecule has 0 spiro atoms. The Morgan fingerprint density at radius 3 is 2.95 bits per heavy atom. The van der Waals surface area contributed by atoms with E-state index in [4.69, 9.17) is 4.74 Å². The Labute approximate surface area is 131 Å². The first-order valence-electron chi connectivity index (χ1n) is 8.14. The van der Waals surface area contributed by atoms with Crippen molar-refractivity contribution in [1.82, 2.24) is 4.98 Å². The van der Waals surface area contributed by atoms with Crippen LogP contribution in [-0.4, -0.2) is 48.7 Å². The van der Waals surface area contributed by atoms with Gasteiger partial charge in [-0.2, -0.15) is 0 Å². The first-order chi connectivity index (χ1) is 10.6. The monoisotopic (exact) mass is 301 g/mol. The quantitative estimate of drug-likeness (QED) is 0.695. The summed E-state index contributed by atoms with van der Waals surface area (Å²) in [6.45, 7) is 1.73. The molecule has 1 fully saturated rings. The van der Waals surface area contributed by atoms with Crippen molar-refractivity contribution in [1.29, 1.82) is 0 Å². The van der Waals surface area contributed by atoms with Crippen LogP contribution in [0, 0.1) is 0 Å².